The van der Waals surface area contributed by atoms with Gasteiger partial charge in [0.05, 0.1) is 5.41 Å². The van der Waals surface area contributed by atoms with Crippen molar-refractivity contribution < 1.29 is 9.15 Å². The number of hydrogen-bond acceptors (Lipinski definition) is 3. The number of benzene rings is 11. The molecule has 80 heavy (non-hydrogen) atoms. The van der Waals surface area contributed by atoms with Gasteiger partial charge in [-0.05, 0) is 133 Å². The second-order valence-electron chi connectivity index (χ2n) is 21.6. The molecule has 0 amide bonds. The molecule has 12 aromatic rings. The maximum atomic E-state index is 6.65. The largest absolute Gasteiger partial charge is 0.484 e. The molecule has 0 N–H and O–H groups in total. The molecular formula is C77H53NO2. The highest BCUT2D eigenvalue weighted by Gasteiger charge is 2.47. The van der Waals surface area contributed by atoms with Crippen molar-refractivity contribution in [2.24, 2.45) is 0 Å². The first-order valence-corrected chi connectivity index (χ1v) is 28.1. The maximum absolute atomic E-state index is 6.65. The number of para-hydroxylation sites is 2. The zero-order valence-corrected chi connectivity index (χ0v) is 44.0. The van der Waals surface area contributed by atoms with Gasteiger partial charge in [0.1, 0.15) is 22.9 Å². The molecular weight excluding hydrogens is 971 g/mol. The molecule has 0 saturated carbocycles. The van der Waals surface area contributed by atoms with Crippen molar-refractivity contribution in [1.82, 2.24) is 0 Å². The van der Waals surface area contributed by atoms with E-state index in [0.29, 0.717) is 0 Å². The highest BCUT2D eigenvalue weighted by molar-refractivity contribution is 5.99. The number of ether oxygens (including phenoxy) is 1. The van der Waals surface area contributed by atoms with Crippen LogP contribution in [-0.2, 0) is 5.41 Å². The summed E-state index contributed by atoms with van der Waals surface area (Å²) >= 11 is 0. The number of anilines is 3. The quantitative estimate of drug-likeness (QED) is 0.144. The Balaban J connectivity index is 0.804. The van der Waals surface area contributed by atoms with Crippen molar-refractivity contribution in [1.29, 1.82) is 0 Å². The summed E-state index contributed by atoms with van der Waals surface area (Å²) in [5.41, 5.74) is 23.9. The van der Waals surface area contributed by atoms with E-state index < -0.39 is 5.41 Å². The summed E-state index contributed by atoms with van der Waals surface area (Å²) in [4.78, 5) is 2.37. The predicted octanol–water partition coefficient (Wildman–Crippen LogP) is 18.5. The molecule has 378 valence electrons. The van der Waals surface area contributed by atoms with Crippen LogP contribution in [0.4, 0.5) is 17.1 Å². The molecule has 3 heteroatoms. The average molecular weight is 1020 g/mol. The monoisotopic (exact) mass is 1020 g/mol. The standard InChI is InChI=1S/C77H53NO2/c1-2-18-55(19-3-1)77(56-42-34-51(35-43-56)61-24-12-17-50-16-4-5-20-60(50)61)70-30-9-6-23-69(70)74-62(25-15-31-71(74)77)52-36-44-57(45-37-52)78(58-46-38-53(39-47-58)63-26-13-28-67-65-21-7-10-32-72(65)79-75(63)67)59-48-40-54(41-49-59)64-27-14-29-68-66-22-8-11-33-73(66)80-76(64)68/h1-7,9-10,12-31,33-49,72H,8,11,32H2. The summed E-state index contributed by atoms with van der Waals surface area (Å²) in [6.07, 6.45) is 14.1. The van der Waals surface area contributed by atoms with Crippen LogP contribution in [-0.4, -0.2) is 6.10 Å². The number of hydrogen-bond donors (Lipinski definition) is 0. The summed E-state index contributed by atoms with van der Waals surface area (Å²) in [5, 5.41) is 4.89. The first-order chi connectivity index (χ1) is 39.7. The van der Waals surface area contributed by atoms with Crippen LogP contribution < -0.4 is 20.3 Å². The Hall–Kier alpha value is -9.96. The third-order valence-corrected chi connectivity index (χ3v) is 17.3. The molecule has 4 aliphatic rings. The van der Waals surface area contributed by atoms with E-state index >= 15 is 0 Å². The van der Waals surface area contributed by atoms with Crippen LogP contribution in [0.15, 0.2) is 271 Å². The summed E-state index contributed by atoms with van der Waals surface area (Å²) in [5.74, 6) is 0.970. The summed E-state index contributed by atoms with van der Waals surface area (Å²) in [6, 6.07) is 92.0. The van der Waals surface area contributed by atoms with Gasteiger partial charge in [-0.1, -0.05) is 237 Å². The highest BCUT2D eigenvalue weighted by Crippen LogP contribution is 2.59. The molecule has 0 fully saturated rings. The van der Waals surface area contributed by atoms with Gasteiger partial charge in [-0.15, -0.1) is 0 Å². The zero-order valence-electron chi connectivity index (χ0n) is 44.0. The lowest BCUT2D eigenvalue weighted by molar-refractivity contribution is 0.280. The van der Waals surface area contributed by atoms with Crippen molar-refractivity contribution in [3.63, 3.8) is 0 Å². The van der Waals surface area contributed by atoms with Crippen LogP contribution in [0.2, 0.25) is 0 Å². The van der Waals surface area contributed by atoms with Gasteiger partial charge in [-0.2, -0.15) is 0 Å². The van der Waals surface area contributed by atoms with Gasteiger partial charge in [-0.25, -0.2) is 0 Å². The lowest BCUT2D eigenvalue weighted by atomic mass is 9.67. The van der Waals surface area contributed by atoms with E-state index in [1.807, 2.05) is 0 Å². The minimum absolute atomic E-state index is 0.0658. The van der Waals surface area contributed by atoms with Crippen molar-refractivity contribution in [3.8, 4) is 61.4 Å². The molecule has 0 saturated heterocycles. The Morgan fingerprint density at radius 2 is 0.950 bits per heavy atom. The first-order valence-electron chi connectivity index (χ1n) is 28.1. The number of allylic oxidation sites excluding steroid dienone is 2. The van der Waals surface area contributed by atoms with Crippen LogP contribution in [0.1, 0.15) is 47.1 Å². The van der Waals surface area contributed by atoms with E-state index in [1.54, 1.807) is 0 Å². The molecule has 2 atom stereocenters. The van der Waals surface area contributed by atoms with Crippen molar-refractivity contribution >= 4 is 56.5 Å². The van der Waals surface area contributed by atoms with Crippen LogP contribution in [0.3, 0.4) is 0 Å². The van der Waals surface area contributed by atoms with Gasteiger partial charge in [-0.3, -0.25) is 0 Å². The third kappa shape index (κ3) is 7.20. The normalized spacial score (nSPS) is 16.4. The van der Waals surface area contributed by atoms with Crippen LogP contribution in [0.5, 0.6) is 5.75 Å². The van der Waals surface area contributed by atoms with Gasteiger partial charge in [0.15, 0.2) is 0 Å². The Morgan fingerprint density at radius 3 is 1.75 bits per heavy atom. The van der Waals surface area contributed by atoms with E-state index in [2.05, 4.69) is 284 Å². The minimum atomic E-state index is -0.549. The fraction of sp³-hybridized carbons (Fsp3) is 0.0649. The molecule has 2 heterocycles. The Morgan fingerprint density at radius 1 is 0.412 bits per heavy atom. The van der Waals surface area contributed by atoms with E-state index in [0.717, 1.165) is 80.9 Å². The molecule has 0 bridgehead atoms. The smallest absolute Gasteiger partial charge is 0.143 e. The van der Waals surface area contributed by atoms with Crippen molar-refractivity contribution in [2.45, 2.75) is 30.8 Å². The van der Waals surface area contributed by atoms with Crippen molar-refractivity contribution in [2.75, 3.05) is 4.90 Å². The molecule has 1 aliphatic heterocycles. The number of fused-ring (bicyclic) bond motifs is 10. The molecule has 2 unspecified atom stereocenters. The van der Waals surface area contributed by atoms with E-state index in [1.165, 1.54) is 82.6 Å². The molecule has 0 radical (unpaired) electrons. The summed E-state index contributed by atoms with van der Waals surface area (Å²) in [7, 11) is 0. The maximum Gasteiger partial charge on any atom is 0.143 e. The second kappa shape index (κ2) is 18.6. The second-order valence-corrected chi connectivity index (χ2v) is 21.6. The fourth-order valence-electron chi connectivity index (χ4n) is 13.7. The lowest BCUT2D eigenvalue weighted by Crippen LogP contribution is -2.28. The van der Waals surface area contributed by atoms with Gasteiger partial charge in [0.25, 0.3) is 0 Å². The molecule has 3 nitrogen and oxygen atoms in total. The molecule has 16 rings (SSSR count). The first kappa shape index (κ1) is 46.2. The van der Waals surface area contributed by atoms with Gasteiger partial charge < -0.3 is 14.1 Å². The summed E-state index contributed by atoms with van der Waals surface area (Å²) < 4.78 is 13.2. The van der Waals surface area contributed by atoms with Crippen LogP contribution >= 0.6 is 0 Å². The Kier molecular flexibility index (Phi) is 10.7. The highest BCUT2D eigenvalue weighted by atomic mass is 16.5. The molecule has 11 aromatic carbocycles. The number of furan rings is 1. The summed E-state index contributed by atoms with van der Waals surface area (Å²) in [6.45, 7) is 0. The SMILES string of the molecule is C1=CCC2Oc3c(cccc3-c3ccc(N(c4ccc(-c5cccc6c5-c5ccccc5C6(c5ccccc5)c5ccc(-c6cccc7ccccc67)cc5)cc4)c4ccc(-c5cccc6c7c(oc56)=CCCC=7)cc4)cc3)C2=C1. The Bertz CT molecular complexity index is 4620. The minimum Gasteiger partial charge on any atom is -0.484 e. The molecule has 0 spiro atoms. The average Bonchev–Trinajstić information content (AvgIpc) is 4.26. The molecule has 1 aromatic heterocycles. The zero-order chi connectivity index (χ0) is 52.7. The topological polar surface area (TPSA) is 25.6 Å². The lowest BCUT2D eigenvalue weighted by Gasteiger charge is -2.34. The number of nitrogens with zero attached hydrogens (tertiary/aromatic N) is 1. The fourth-order valence-corrected chi connectivity index (χ4v) is 13.7. The molecule has 3 aliphatic carbocycles. The van der Waals surface area contributed by atoms with Crippen LogP contribution in [0.25, 0.3) is 95.1 Å². The predicted molar refractivity (Wildman–Crippen MR) is 331 cm³/mol. The number of rotatable bonds is 9. The van der Waals surface area contributed by atoms with E-state index in [4.69, 9.17) is 9.15 Å². The van der Waals surface area contributed by atoms with E-state index in [9.17, 15) is 0 Å². The van der Waals surface area contributed by atoms with Crippen LogP contribution in [0, 0.1) is 0 Å². The van der Waals surface area contributed by atoms with E-state index in [-0.39, 0.29) is 6.10 Å². The third-order valence-electron chi connectivity index (χ3n) is 17.3. The van der Waals surface area contributed by atoms with Gasteiger partial charge in [0, 0.05) is 56.4 Å². The van der Waals surface area contributed by atoms with Gasteiger partial charge >= 0.3 is 0 Å². The van der Waals surface area contributed by atoms with Crippen molar-refractivity contribution in [3.05, 3.63) is 305 Å². The van der Waals surface area contributed by atoms with Gasteiger partial charge in [0.2, 0.25) is 0 Å². The Labute approximate surface area is 465 Å².